The highest BCUT2D eigenvalue weighted by Crippen LogP contribution is 2.30. The molecule has 0 saturated heterocycles. The Morgan fingerprint density at radius 1 is 1.11 bits per heavy atom. The largest absolute Gasteiger partial charge is 0.325 e. The molecule has 1 aliphatic rings. The minimum absolute atomic E-state index is 0.0220. The summed E-state index contributed by atoms with van der Waals surface area (Å²) in [7, 11) is 1.77. The summed E-state index contributed by atoms with van der Waals surface area (Å²) in [6, 6.07) is 10.6. The van der Waals surface area contributed by atoms with Crippen LogP contribution in [0.25, 0.3) is 11.1 Å². The van der Waals surface area contributed by atoms with Crippen molar-refractivity contribution in [3.63, 3.8) is 0 Å². The van der Waals surface area contributed by atoms with Crippen LogP contribution in [0.2, 0.25) is 0 Å². The van der Waals surface area contributed by atoms with Gasteiger partial charge in [-0.3, -0.25) is 9.59 Å². The highest BCUT2D eigenvalue weighted by molar-refractivity contribution is 5.95. The van der Waals surface area contributed by atoms with Crippen LogP contribution in [0, 0.1) is 18.8 Å². The second kappa shape index (κ2) is 8.09. The molecule has 1 atom stereocenters. The first-order valence-corrected chi connectivity index (χ1v) is 9.70. The predicted molar refractivity (Wildman–Crippen MR) is 110 cm³/mol. The Morgan fingerprint density at radius 3 is 2.37 bits per heavy atom. The van der Waals surface area contributed by atoms with Crippen molar-refractivity contribution in [1.82, 2.24) is 4.57 Å². The first kappa shape index (κ1) is 19.4. The van der Waals surface area contributed by atoms with E-state index in [1.807, 2.05) is 37.3 Å². The number of carbonyl (C=O) groups excluding carboxylic acids is 1. The molecule has 0 spiro atoms. The Kier molecular flexibility index (Phi) is 5.80. The van der Waals surface area contributed by atoms with Gasteiger partial charge in [0.1, 0.15) is 0 Å². The third-order valence-corrected chi connectivity index (χ3v) is 5.95. The number of anilines is 1. The topological polar surface area (TPSA) is 77.1 Å². The normalized spacial score (nSPS) is 20.9. The number of nitrogens with zero attached hydrogens (tertiary/aromatic N) is 1. The average molecular weight is 367 g/mol. The van der Waals surface area contributed by atoms with Crippen molar-refractivity contribution in [1.29, 1.82) is 0 Å². The lowest BCUT2D eigenvalue weighted by molar-refractivity contribution is -0.118. The van der Waals surface area contributed by atoms with Crippen LogP contribution in [-0.4, -0.2) is 16.5 Å². The van der Waals surface area contributed by atoms with Crippen LogP contribution in [0.1, 0.15) is 38.3 Å². The van der Waals surface area contributed by atoms with E-state index >= 15 is 0 Å². The van der Waals surface area contributed by atoms with Crippen molar-refractivity contribution in [2.45, 2.75) is 45.6 Å². The molecule has 27 heavy (non-hydrogen) atoms. The van der Waals surface area contributed by atoms with E-state index in [9.17, 15) is 9.59 Å². The molecule has 1 heterocycles. The summed E-state index contributed by atoms with van der Waals surface area (Å²) in [6.07, 6.45) is 4.36. The molecule has 5 heteroatoms. The van der Waals surface area contributed by atoms with Crippen molar-refractivity contribution in [2.75, 3.05) is 5.32 Å². The van der Waals surface area contributed by atoms with E-state index in [2.05, 4.69) is 12.2 Å². The van der Waals surface area contributed by atoms with E-state index in [4.69, 9.17) is 5.73 Å². The molecule has 0 bridgehead atoms. The molecule has 3 rings (SSSR count). The number of hydrogen-bond acceptors (Lipinski definition) is 3. The van der Waals surface area contributed by atoms with Crippen LogP contribution >= 0.6 is 0 Å². The SMILES string of the molecule is Cc1c(-c2ccc(NC(=O)[C@@H](N)C3CCC(C)CC3)cc2)ccc(=O)n1C. The molecule has 5 nitrogen and oxygen atoms in total. The second-order valence-electron chi connectivity index (χ2n) is 7.84. The number of aromatic nitrogens is 1. The highest BCUT2D eigenvalue weighted by Gasteiger charge is 2.28. The molecule has 1 saturated carbocycles. The smallest absolute Gasteiger partial charge is 0.250 e. The molecule has 1 amide bonds. The van der Waals surface area contributed by atoms with Crippen LogP contribution in [0.3, 0.4) is 0 Å². The molecule has 3 N–H and O–H groups in total. The lowest BCUT2D eigenvalue weighted by Crippen LogP contribution is -2.43. The Morgan fingerprint density at radius 2 is 1.74 bits per heavy atom. The zero-order valence-electron chi connectivity index (χ0n) is 16.4. The van der Waals surface area contributed by atoms with Gasteiger partial charge in [-0.2, -0.15) is 0 Å². The molecule has 0 radical (unpaired) electrons. The molecule has 1 aliphatic carbocycles. The molecule has 2 aromatic rings. The number of amides is 1. The van der Waals surface area contributed by atoms with E-state index in [1.165, 1.54) is 0 Å². The Balaban J connectivity index is 1.68. The van der Waals surface area contributed by atoms with E-state index in [0.29, 0.717) is 0 Å². The Bertz CT molecular complexity index is 862. The van der Waals surface area contributed by atoms with Crippen LogP contribution in [0.5, 0.6) is 0 Å². The number of nitrogens with two attached hydrogens (primary N) is 1. The van der Waals surface area contributed by atoms with Gasteiger partial charge in [-0.1, -0.05) is 31.9 Å². The quantitative estimate of drug-likeness (QED) is 0.869. The van der Waals surface area contributed by atoms with Crippen molar-refractivity contribution in [3.8, 4) is 11.1 Å². The molecular weight excluding hydrogens is 338 g/mol. The fourth-order valence-electron chi connectivity index (χ4n) is 3.86. The summed E-state index contributed by atoms with van der Waals surface area (Å²) >= 11 is 0. The van der Waals surface area contributed by atoms with Crippen molar-refractivity contribution >= 4 is 11.6 Å². The van der Waals surface area contributed by atoms with Gasteiger partial charge >= 0.3 is 0 Å². The minimum atomic E-state index is -0.455. The first-order chi connectivity index (χ1) is 12.9. The van der Waals surface area contributed by atoms with Crippen LogP contribution in [-0.2, 0) is 11.8 Å². The number of rotatable bonds is 4. The predicted octanol–water partition coefficient (Wildman–Crippen LogP) is 3.45. The monoisotopic (exact) mass is 367 g/mol. The zero-order chi connectivity index (χ0) is 19.6. The van der Waals surface area contributed by atoms with Gasteiger partial charge in [0.2, 0.25) is 11.5 Å². The summed E-state index contributed by atoms with van der Waals surface area (Å²) in [6.45, 7) is 4.19. The van der Waals surface area contributed by atoms with E-state index in [-0.39, 0.29) is 17.4 Å². The lowest BCUT2D eigenvalue weighted by Gasteiger charge is -2.29. The number of carbonyl (C=O) groups is 1. The Labute approximate surface area is 160 Å². The van der Waals surface area contributed by atoms with Crippen LogP contribution in [0.15, 0.2) is 41.2 Å². The fraction of sp³-hybridized carbons (Fsp3) is 0.455. The lowest BCUT2D eigenvalue weighted by atomic mass is 9.79. The van der Waals surface area contributed by atoms with E-state index in [0.717, 1.165) is 54.1 Å². The summed E-state index contributed by atoms with van der Waals surface area (Å²) in [5.74, 6) is 0.902. The van der Waals surface area contributed by atoms with E-state index < -0.39 is 6.04 Å². The van der Waals surface area contributed by atoms with Crippen molar-refractivity contribution in [2.24, 2.45) is 24.6 Å². The number of pyridine rings is 1. The molecule has 0 aliphatic heterocycles. The molecule has 0 unspecified atom stereocenters. The van der Waals surface area contributed by atoms with Crippen LogP contribution in [0.4, 0.5) is 5.69 Å². The summed E-state index contributed by atoms with van der Waals surface area (Å²) in [4.78, 5) is 24.2. The second-order valence-corrected chi connectivity index (χ2v) is 7.84. The number of hydrogen-bond donors (Lipinski definition) is 2. The molecule has 144 valence electrons. The maximum absolute atomic E-state index is 12.5. The standard InChI is InChI=1S/C22H29N3O2/c1-14-4-6-17(7-5-14)21(23)22(27)24-18-10-8-16(9-11-18)19-12-13-20(26)25(3)15(19)2/h8-14,17,21H,4-7,23H2,1-3H3,(H,24,27)/t14?,17?,21-/m0/s1. The fourth-order valence-corrected chi connectivity index (χ4v) is 3.86. The summed E-state index contributed by atoms with van der Waals surface area (Å²) in [5, 5.41) is 2.94. The highest BCUT2D eigenvalue weighted by atomic mass is 16.2. The molecule has 1 aromatic heterocycles. The maximum Gasteiger partial charge on any atom is 0.250 e. The van der Waals surface area contributed by atoms with Gasteiger partial charge in [0.25, 0.3) is 0 Å². The number of nitrogens with one attached hydrogen (secondary N) is 1. The van der Waals surface area contributed by atoms with Gasteiger partial charge in [0.15, 0.2) is 0 Å². The van der Waals surface area contributed by atoms with Gasteiger partial charge in [-0.25, -0.2) is 0 Å². The Hall–Kier alpha value is -2.40. The summed E-state index contributed by atoms with van der Waals surface area (Å²) < 4.78 is 1.63. The van der Waals surface area contributed by atoms with Gasteiger partial charge in [0, 0.05) is 30.1 Å². The van der Waals surface area contributed by atoms with Gasteiger partial charge < -0.3 is 15.6 Å². The molecule has 1 aromatic carbocycles. The van der Waals surface area contributed by atoms with E-state index in [1.54, 1.807) is 17.7 Å². The van der Waals surface area contributed by atoms with Crippen LogP contribution < -0.4 is 16.6 Å². The van der Waals surface area contributed by atoms with Gasteiger partial charge in [0.05, 0.1) is 6.04 Å². The van der Waals surface area contributed by atoms with Gasteiger partial charge in [-0.05, 0) is 55.4 Å². The first-order valence-electron chi connectivity index (χ1n) is 9.70. The average Bonchev–Trinajstić information content (AvgIpc) is 2.67. The van der Waals surface area contributed by atoms with Crippen molar-refractivity contribution in [3.05, 3.63) is 52.4 Å². The molecule has 1 fully saturated rings. The van der Waals surface area contributed by atoms with Gasteiger partial charge in [-0.15, -0.1) is 0 Å². The third-order valence-electron chi connectivity index (χ3n) is 5.95. The number of benzene rings is 1. The maximum atomic E-state index is 12.5. The summed E-state index contributed by atoms with van der Waals surface area (Å²) in [5.41, 5.74) is 9.85. The van der Waals surface area contributed by atoms with Crippen molar-refractivity contribution < 1.29 is 4.79 Å². The third kappa shape index (κ3) is 4.30. The minimum Gasteiger partial charge on any atom is -0.325 e. The zero-order valence-corrected chi connectivity index (χ0v) is 16.4. The molecular formula is C22H29N3O2.